The molecule has 132 valence electrons. The maximum atomic E-state index is 12.4. The predicted octanol–water partition coefficient (Wildman–Crippen LogP) is 4.18. The number of rotatable bonds is 5. The average Bonchev–Trinajstić information content (AvgIpc) is 2.63. The molecule has 0 radical (unpaired) electrons. The van der Waals surface area contributed by atoms with Gasteiger partial charge in [0, 0.05) is 24.3 Å². The first kappa shape index (κ1) is 17.5. The second-order valence-corrected chi connectivity index (χ2v) is 6.86. The minimum Gasteiger partial charge on any atom is -0.497 e. The van der Waals surface area contributed by atoms with Gasteiger partial charge in [0.15, 0.2) is 0 Å². The molecule has 1 saturated heterocycles. The number of likely N-dealkylation sites (tertiary alicyclic amines) is 1. The molecule has 2 aromatic carbocycles. The van der Waals surface area contributed by atoms with Crippen LogP contribution in [0.3, 0.4) is 0 Å². The fraction of sp³-hybridized carbons (Fsp3) is 0.381. The molecule has 2 aromatic rings. The zero-order valence-corrected chi connectivity index (χ0v) is 15.0. The van der Waals surface area contributed by atoms with E-state index in [4.69, 9.17) is 4.74 Å². The van der Waals surface area contributed by atoms with E-state index in [1.165, 1.54) is 31.5 Å². The number of carbonyl (C=O) groups is 1. The Morgan fingerprint density at radius 1 is 1.16 bits per heavy atom. The molecule has 0 aromatic heterocycles. The molecule has 1 aliphatic rings. The summed E-state index contributed by atoms with van der Waals surface area (Å²) in [5.41, 5.74) is 2.69. The van der Waals surface area contributed by atoms with Crippen LogP contribution in [0.15, 0.2) is 48.5 Å². The van der Waals surface area contributed by atoms with Gasteiger partial charge in [-0.05, 0) is 67.3 Å². The van der Waals surface area contributed by atoms with Crippen molar-refractivity contribution >= 4 is 11.6 Å². The maximum absolute atomic E-state index is 12.4. The van der Waals surface area contributed by atoms with Gasteiger partial charge < -0.3 is 10.1 Å². The lowest BCUT2D eigenvalue weighted by atomic mass is 9.99. The molecule has 1 amide bonds. The van der Waals surface area contributed by atoms with Gasteiger partial charge in [-0.2, -0.15) is 0 Å². The van der Waals surface area contributed by atoms with Gasteiger partial charge in [0.25, 0.3) is 5.91 Å². The van der Waals surface area contributed by atoms with Crippen LogP contribution < -0.4 is 10.1 Å². The van der Waals surface area contributed by atoms with E-state index >= 15 is 0 Å². The molecule has 25 heavy (non-hydrogen) atoms. The van der Waals surface area contributed by atoms with Crippen molar-refractivity contribution in [3.8, 4) is 5.75 Å². The van der Waals surface area contributed by atoms with Crippen LogP contribution in [0.5, 0.6) is 5.75 Å². The second-order valence-electron chi connectivity index (χ2n) is 6.86. The highest BCUT2D eigenvalue weighted by Crippen LogP contribution is 2.19. The number of piperidine rings is 1. The molecule has 1 unspecified atom stereocenters. The molecule has 1 heterocycles. The fourth-order valence-electron chi connectivity index (χ4n) is 3.33. The fourth-order valence-corrected chi connectivity index (χ4v) is 3.33. The van der Waals surface area contributed by atoms with E-state index < -0.39 is 0 Å². The SMILES string of the molecule is COc1ccc(NC(=O)c2ccc(CN3CCCC(C)C3)cc2)cc1. The van der Waals surface area contributed by atoms with Gasteiger partial charge >= 0.3 is 0 Å². The molecular formula is C21H26N2O2. The monoisotopic (exact) mass is 338 g/mol. The molecule has 4 nitrogen and oxygen atoms in total. The summed E-state index contributed by atoms with van der Waals surface area (Å²) in [6, 6.07) is 15.3. The van der Waals surface area contributed by atoms with Gasteiger partial charge in [-0.3, -0.25) is 9.69 Å². The molecular weight excluding hydrogens is 312 g/mol. The van der Waals surface area contributed by atoms with Crippen LogP contribution in [0.25, 0.3) is 0 Å². The molecule has 0 bridgehead atoms. The molecule has 0 aliphatic carbocycles. The highest BCUT2D eigenvalue weighted by Gasteiger charge is 2.16. The first-order chi connectivity index (χ1) is 12.1. The van der Waals surface area contributed by atoms with E-state index in [2.05, 4.69) is 29.3 Å². The molecule has 1 N–H and O–H groups in total. The number of ether oxygens (including phenoxy) is 1. The van der Waals surface area contributed by atoms with Crippen molar-refractivity contribution in [2.45, 2.75) is 26.3 Å². The molecule has 3 rings (SSSR count). The number of nitrogens with zero attached hydrogens (tertiary/aromatic N) is 1. The summed E-state index contributed by atoms with van der Waals surface area (Å²) >= 11 is 0. The highest BCUT2D eigenvalue weighted by atomic mass is 16.5. The molecule has 1 aliphatic heterocycles. The first-order valence-electron chi connectivity index (χ1n) is 8.91. The van der Waals surface area contributed by atoms with Crippen molar-refractivity contribution in [3.63, 3.8) is 0 Å². The number of anilines is 1. The van der Waals surface area contributed by atoms with Crippen molar-refractivity contribution in [2.24, 2.45) is 5.92 Å². The van der Waals surface area contributed by atoms with E-state index in [-0.39, 0.29) is 5.91 Å². The Morgan fingerprint density at radius 3 is 2.52 bits per heavy atom. The molecule has 1 fully saturated rings. The van der Waals surface area contributed by atoms with Crippen LogP contribution in [0, 0.1) is 5.92 Å². The van der Waals surface area contributed by atoms with Gasteiger partial charge in [0.1, 0.15) is 5.75 Å². The molecule has 0 spiro atoms. The standard InChI is InChI=1S/C21H26N2O2/c1-16-4-3-13-23(14-16)15-17-5-7-18(8-6-17)21(24)22-19-9-11-20(25-2)12-10-19/h5-12,16H,3-4,13-15H2,1-2H3,(H,22,24). The van der Waals surface area contributed by atoms with Gasteiger partial charge in [-0.15, -0.1) is 0 Å². The average molecular weight is 338 g/mol. The van der Waals surface area contributed by atoms with Gasteiger partial charge in [0.05, 0.1) is 7.11 Å². The van der Waals surface area contributed by atoms with Crippen LogP contribution in [0.2, 0.25) is 0 Å². The van der Waals surface area contributed by atoms with Crippen molar-refractivity contribution < 1.29 is 9.53 Å². The number of hydrogen-bond donors (Lipinski definition) is 1. The number of methoxy groups -OCH3 is 1. The van der Waals surface area contributed by atoms with Crippen molar-refractivity contribution in [2.75, 3.05) is 25.5 Å². The summed E-state index contributed by atoms with van der Waals surface area (Å²) in [7, 11) is 1.62. The normalized spacial score (nSPS) is 17.9. The third-order valence-corrected chi connectivity index (χ3v) is 4.71. The number of carbonyl (C=O) groups excluding carboxylic acids is 1. The smallest absolute Gasteiger partial charge is 0.255 e. The number of benzene rings is 2. The summed E-state index contributed by atoms with van der Waals surface area (Å²) in [4.78, 5) is 14.9. The first-order valence-corrected chi connectivity index (χ1v) is 8.91. The molecule has 1 atom stereocenters. The Kier molecular flexibility index (Phi) is 5.71. The third-order valence-electron chi connectivity index (χ3n) is 4.71. The number of nitrogens with one attached hydrogen (secondary N) is 1. The Hall–Kier alpha value is -2.33. The molecule has 0 saturated carbocycles. The maximum Gasteiger partial charge on any atom is 0.255 e. The van der Waals surface area contributed by atoms with E-state index in [1.54, 1.807) is 7.11 Å². The van der Waals surface area contributed by atoms with Crippen LogP contribution in [0.4, 0.5) is 5.69 Å². The summed E-state index contributed by atoms with van der Waals surface area (Å²) in [5, 5.41) is 2.91. The van der Waals surface area contributed by atoms with Gasteiger partial charge in [-0.1, -0.05) is 19.1 Å². The van der Waals surface area contributed by atoms with E-state index in [9.17, 15) is 4.79 Å². The largest absolute Gasteiger partial charge is 0.497 e. The zero-order chi connectivity index (χ0) is 17.6. The highest BCUT2D eigenvalue weighted by molar-refractivity contribution is 6.04. The Morgan fingerprint density at radius 2 is 1.88 bits per heavy atom. The lowest BCUT2D eigenvalue weighted by Gasteiger charge is -2.30. The van der Waals surface area contributed by atoms with Crippen LogP contribution in [-0.2, 0) is 6.54 Å². The Bertz CT molecular complexity index is 695. The summed E-state index contributed by atoms with van der Waals surface area (Å²) in [6.07, 6.45) is 2.62. The lowest BCUT2D eigenvalue weighted by Crippen LogP contribution is -2.33. The quantitative estimate of drug-likeness (QED) is 0.889. The Balaban J connectivity index is 1.58. The summed E-state index contributed by atoms with van der Waals surface area (Å²) in [6.45, 7) is 5.62. The van der Waals surface area contributed by atoms with Gasteiger partial charge in [0.2, 0.25) is 0 Å². The third kappa shape index (κ3) is 4.83. The van der Waals surface area contributed by atoms with E-state index in [1.807, 2.05) is 36.4 Å². The van der Waals surface area contributed by atoms with Crippen molar-refractivity contribution in [1.82, 2.24) is 4.90 Å². The minimum atomic E-state index is -0.0942. The zero-order valence-electron chi connectivity index (χ0n) is 15.0. The predicted molar refractivity (Wildman–Crippen MR) is 101 cm³/mol. The second kappa shape index (κ2) is 8.17. The van der Waals surface area contributed by atoms with E-state index in [0.29, 0.717) is 5.56 Å². The number of amides is 1. The van der Waals surface area contributed by atoms with Gasteiger partial charge in [-0.25, -0.2) is 0 Å². The van der Waals surface area contributed by atoms with Crippen molar-refractivity contribution in [3.05, 3.63) is 59.7 Å². The number of hydrogen-bond acceptors (Lipinski definition) is 3. The van der Waals surface area contributed by atoms with Crippen molar-refractivity contribution in [1.29, 1.82) is 0 Å². The van der Waals surface area contributed by atoms with E-state index in [0.717, 1.165) is 23.9 Å². The summed E-state index contributed by atoms with van der Waals surface area (Å²) < 4.78 is 5.12. The summed E-state index contributed by atoms with van der Waals surface area (Å²) in [5.74, 6) is 1.46. The van der Waals surface area contributed by atoms with Crippen LogP contribution >= 0.6 is 0 Å². The van der Waals surface area contributed by atoms with Crippen LogP contribution in [-0.4, -0.2) is 31.0 Å². The Labute approximate surface area is 149 Å². The minimum absolute atomic E-state index is 0.0942. The van der Waals surface area contributed by atoms with Crippen LogP contribution in [0.1, 0.15) is 35.7 Å². The lowest BCUT2D eigenvalue weighted by molar-refractivity contribution is 0.102. The topological polar surface area (TPSA) is 41.6 Å². The molecule has 4 heteroatoms.